The Bertz CT molecular complexity index is 564. The molecule has 4 N–H and O–H groups in total. The highest BCUT2D eigenvalue weighted by molar-refractivity contribution is 7.89. The zero-order chi connectivity index (χ0) is 14.8. The number of pyridine rings is 1. The predicted molar refractivity (Wildman–Crippen MR) is 75.3 cm³/mol. The van der Waals surface area contributed by atoms with Gasteiger partial charge in [0.2, 0.25) is 10.0 Å². The largest absolute Gasteiger partial charge is 0.391 e. The molecule has 1 aliphatic carbocycles. The summed E-state index contributed by atoms with van der Waals surface area (Å²) in [5.74, 6) is 5.41. The first-order valence-corrected chi connectivity index (χ1v) is 8.00. The second-order valence-corrected chi connectivity index (χ2v) is 6.90. The topological polar surface area (TPSA) is 109 Å². The molecule has 112 valence electrons. The van der Waals surface area contributed by atoms with Crippen molar-refractivity contribution in [2.75, 3.05) is 12.5 Å². The fourth-order valence-electron chi connectivity index (χ4n) is 2.56. The Hall–Kier alpha value is -1.22. The normalized spacial score (nSPS) is 23.8. The van der Waals surface area contributed by atoms with E-state index < -0.39 is 22.2 Å². The van der Waals surface area contributed by atoms with E-state index in [9.17, 15) is 13.5 Å². The lowest BCUT2D eigenvalue weighted by Gasteiger charge is -2.34. The van der Waals surface area contributed by atoms with Gasteiger partial charge in [0.15, 0.2) is 5.82 Å². The van der Waals surface area contributed by atoms with Gasteiger partial charge in [-0.1, -0.05) is 12.8 Å². The van der Waals surface area contributed by atoms with Gasteiger partial charge in [0.05, 0.1) is 12.1 Å². The molecule has 0 bridgehead atoms. The molecule has 2 rings (SSSR count). The van der Waals surface area contributed by atoms with E-state index in [1.54, 1.807) is 6.07 Å². The minimum Gasteiger partial charge on any atom is -0.391 e. The number of likely N-dealkylation sites (N-methyl/N-ethyl adjacent to an activating group) is 1. The van der Waals surface area contributed by atoms with E-state index in [-0.39, 0.29) is 10.7 Å². The molecule has 2 unspecified atom stereocenters. The Morgan fingerprint density at radius 2 is 2.15 bits per heavy atom. The maximum absolute atomic E-state index is 12.6. The van der Waals surface area contributed by atoms with Crippen molar-refractivity contribution >= 4 is 15.8 Å². The van der Waals surface area contributed by atoms with Crippen molar-refractivity contribution in [1.29, 1.82) is 0 Å². The van der Waals surface area contributed by atoms with E-state index in [1.165, 1.54) is 23.6 Å². The number of hydrazine groups is 1. The van der Waals surface area contributed by atoms with Crippen molar-refractivity contribution in [3.63, 3.8) is 0 Å². The number of aromatic nitrogens is 1. The first-order chi connectivity index (χ1) is 9.48. The van der Waals surface area contributed by atoms with Gasteiger partial charge in [-0.3, -0.25) is 0 Å². The van der Waals surface area contributed by atoms with Crippen LogP contribution in [0.25, 0.3) is 0 Å². The van der Waals surface area contributed by atoms with Crippen molar-refractivity contribution in [3.05, 3.63) is 18.3 Å². The maximum atomic E-state index is 12.6. The summed E-state index contributed by atoms with van der Waals surface area (Å²) in [6.45, 7) is 0. The lowest BCUT2D eigenvalue weighted by molar-refractivity contribution is 0.0638. The molecule has 1 aromatic rings. The zero-order valence-electron chi connectivity index (χ0n) is 11.4. The van der Waals surface area contributed by atoms with Crippen molar-refractivity contribution < 1.29 is 13.5 Å². The number of hydrogen-bond donors (Lipinski definition) is 3. The van der Waals surface area contributed by atoms with Crippen LogP contribution in [0.15, 0.2) is 23.2 Å². The van der Waals surface area contributed by atoms with Crippen LogP contribution in [0.4, 0.5) is 5.82 Å². The van der Waals surface area contributed by atoms with E-state index in [2.05, 4.69) is 10.4 Å². The molecule has 8 heteroatoms. The predicted octanol–water partition coefficient (Wildman–Crippen LogP) is 0.291. The SMILES string of the molecule is CN(C1CCCCC1O)S(=O)(=O)c1cccnc1NN. The molecule has 0 amide bonds. The average molecular weight is 300 g/mol. The molecule has 1 aromatic heterocycles. The second kappa shape index (κ2) is 6.04. The van der Waals surface area contributed by atoms with E-state index in [0.29, 0.717) is 12.8 Å². The Labute approximate surface area is 118 Å². The average Bonchev–Trinajstić information content (AvgIpc) is 2.47. The van der Waals surface area contributed by atoms with Crippen molar-refractivity contribution in [3.8, 4) is 0 Å². The van der Waals surface area contributed by atoms with E-state index in [4.69, 9.17) is 5.84 Å². The number of rotatable bonds is 4. The van der Waals surface area contributed by atoms with Gasteiger partial charge in [-0.05, 0) is 25.0 Å². The fourth-order valence-corrected chi connectivity index (χ4v) is 4.08. The number of aliphatic hydroxyl groups excluding tert-OH is 1. The van der Waals surface area contributed by atoms with Crippen LogP contribution in [0.5, 0.6) is 0 Å². The molecule has 0 aromatic carbocycles. The van der Waals surface area contributed by atoms with Crippen molar-refractivity contribution in [2.24, 2.45) is 5.84 Å². The summed E-state index contributed by atoms with van der Waals surface area (Å²) in [4.78, 5) is 3.92. The summed E-state index contributed by atoms with van der Waals surface area (Å²) in [5.41, 5.74) is 2.29. The Morgan fingerprint density at radius 3 is 2.80 bits per heavy atom. The molecule has 1 saturated carbocycles. The quantitative estimate of drug-likeness (QED) is 0.545. The van der Waals surface area contributed by atoms with Crippen LogP contribution in [0.3, 0.4) is 0 Å². The first-order valence-electron chi connectivity index (χ1n) is 6.56. The zero-order valence-corrected chi connectivity index (χ0v) is 12.2. The molecule has 0 radical (unpaired) electrons. The van der Waals surface area contributed by atoms with Crippen LogP contribution in [-0.4, -0.2) is 42.0 Å². The summed E-state index contributed by atoms with van der Waals surface area (Å²) >= 11 is 0. The molecule has 1 heterocycles. The lowest BCUT2D eigenvalue weighted by Crippen LogP contribution is -2.46. The standard InChI is InChI=1S/C12H20N4O3S/c1-16(9-5-2-3-6-10(9)17)20(18,19)11-7-4-8-14-12(11)15-13/h4,7-10,17H,2-3,5-6,13H2,1H3,(H,14,15). The first kappa shape index (κ1) is 15.2. The van der Waals surface area contributed by atoms with Crippen LogP contribution >= 0.6 is 0 Å². The van der Waals surface area contributed by atoms with Gasteiger partial charge in [-0.25, -0.2) is 19.2 Å². The summed E-state index contributed by atoms with van der Waals surface area (Å²) < 4.78 is 26.5. The molecule has 1 fully saturated rings. The molecule has 2 atom stereocenters. The third kappa shape index (κ3) is 2.78. The third-order valence-electron chi connectivity index (χ3n) is 3.73. The molecule has 0 aliphatic heterocycles. The van der Waals surface area contributed by atoms with E-state index >= 15 is 0 Å². The van der Waals surface area contributed by atoms with E-state index in [1.807, 2.05) is 0 Å². The van der Waals surface area contributed by atoms with Crippen molar-refractivity contribution in [1.82, 2.24) is 9.29 Å². The number of aliphatic hydroxyl groups is 1. The van der Waals surface area contributed by atoms with Crippen LogP contribution in [0, 0.1) is 0 Å². The number of nitrogens with zero attached hydrogens (tertiary/aromatic N) is 2. The van der Waals surface area contributed by atoms with Crippen LogP contribution in [0.1, 0.15) is 25.7 Å². The Morgan fingerprint density at radius 1 is 1.45 bits per heavy atom. The molecule has 7 nitrogen and oxygen atoms in total. The number of sulfonamides is 1. The highest BCUT2D eigenvalue weighted by atomic mass is 32.2. The smallest absolute Gasteiger partial charge is 0.246 e. The van der Waals surface area contributed by atoms with Crippen LogP contribution in [0.2, 0.25) is 0 Å². The molecular formula is C12H20N4O3S. The summed E-state index contributed by atoms with van der Waals surface area (Å²) in [7, 11) is -2.26. The number of nitrogens with two attached hydrogens (primary N) is 1. The van der Waals surface area contributed by atoms with Crippen LogP contribution < -0.4 is 11.3 Å². The molecule has 0 spiro atoms. The minimum atomic E-state index is -3.75. The van der Waals surface area contributed by atoms with Crippen molar-refractivity contribution in [2.45, 2.75) is 42.7 Å². The third-order valence-corrected chi connectivity index (χ3v) is 5.64. The van der Waals surface area contributed by atoms with Crippen LogP contribution in [-0.2, 0) is 10.0 Å². The monoisotopic (exact) mass is 300 g/mol. The summed E-state index contributed by atoms with van der Waals surface area (Å²) in [5, 5.41) is 10.0. The number of nitrogens with one attached hydrogen (secondary N) is 1. The van der Waals surface area contributed by atoms with Gasteiger partial charge in [0, 0.05) is 13.2 Å². The lowest BCUT2D eigenvalue weighted by atomic mass is 9.93. The van der Waals surface area contributed by atoms with Gasteiger partial charge in [-0.2, -0.15) is 4.31 Å². The second-order valence-electron chi connectivity index (χ2n) is 4.93. The van der Waals surface area contributed by atoms with Gasteiger partial charge < -0.3 is 10.5 Å². The maximum Gasteiger partial charge on any atom is 0.246 e. The highest BCUT2D eigenvalue weighted by Crippen LogP contribution is 2.28. The van der Waals surface area contributed by atoms with E-state index in [0.717, 1.165) is 12.8 Å². The number of nitrogen functional groups attached to an aromatic ring is 1. The highest BCUT2D eigenvalue weighted by Gasteiger charge is 2.35. The number of hydrogen-bond acceptors (Lipinski definition) is 6. The molecular weight excluding hydrogens is 280 g/mol. The summed E-state index contributed by atoms with van der Waals surface area (Å²) in [6.07, 6.45) is 3.95. The molecule has 0 saturated heterocycles. The molecule has 1 aliphatic rings. The van der Waals surface area contributed by atoms with Gasteiger partial charge >= 0.3 is 0 Å². The van der Waals surface area contributed by atoms with Gasteiger partial charge in [-0.15, -0.1) is 0 Å². The Balaban J connectivity index is 2.34. The van der Waals surface area contributed by atoms with Gasteiger partial charge in [0.1, 0.15) is 4.90 Å². The molecule has 20 heavy (non-hydrogen) atoms. The fraction of sp³-hybridized carbons (Fsp3) is 0.583. The number of anilines is 1. The Kier molecular flexibility index (Phi) is 4.59. The summed E-state index contributed by atoms with van der Waals surface area (Å²) in [6, 6.07) is 2.59. The van der Waals surface area contributed by atoms with Gasteiger partial charge in [0.25, 0.3) is 0 Å². The minimum absolute atomic E-state index is 0.0165.